The summed E-state index contributed by atoms with van der Waals surface area (Å²) in [4.78, 5) is 0. The molecule has 0 saturated heterocycles. The molecule has 0 spiro atoms. The van der Waals surface area contributed by atoms with Crippen molar-refractivity contribution in [3.05, 3.63) is 70.5 Å². The smallest absolute Gasteiger partial charge is 0.123 e. The summed E-state index contributed by atoms with van der Waals surface area (Å²) < 4.78 is 12.9. The van der Waals surface area contributed by atoms with E-state index in [1.807, 2.05) is 12.1 Å². The lowest BCUT2D eigenvalue weighted by Gasteiger charge is -2.15. The maximum absolute atomic E-state index is 12.9. The molecule has 0 aliphatic carbocycles. The summed E-state index contributed by atoms with van der Waals surface area (Å²) in [6, 6.07) is 13.4. The predicted molar refractivity (Wildman–Crippen MR) is 77.6 cm³/mol. The van der Waals surface area contributed by atoms with Crippen molar-refractivity contribution >= 4 is 0 Å². The van der Waals surface area contributed by atoms with Crippen molar-refractivity contribution in [3.8, 4) is 0 Å². The molecule has 0 aliphatic heterocycles. The number of rotatable bonds is 4. The van der Waals surface area contributed by atoms with Crippen LogP contribution in [0.5, 0.6) is 0 Å². The lowest BCUT2D eigenvalue weighted by atomic mass is 10.1. The second kappa shape index (κ2) is 5.98. The van der Waals surface area contributed by atoms with E-state index in [-0.39, 0.29) is 11.9 Å². The summed E-state index contributed by atoms with van der Waals surface area (Å²) in [5.41, 5.74) is 5.01. The predicted octanol–water partition coefficient (Wildman–Crippen LogP) is 4.29. The summed E-state index contributed by atoms with van der Waals surface area (Å²) in [6.45, 7) is 7.16. The molecule has 2 rings (SSSR count). The third kappa shape index (κ3) is 3.65. The summed E-state index contributed by atoms with van der Waals surface area (Å²) in [5.74, 6) is -0.190. The van der Waals surface area contributed by atoms with E-state index in [0.717, 1.165) is 12.1 Å². The Labute approximate surface area is 114 Å². The number of hydrogen-bond donors (Lipinski definition) is 1. The summed E-state index contributed by atoms with van der Waals surface area (Å²) >= 11 is 0. The van der Waals surface area contributed by atoms with Crippen LogP contribution in [0.15, 0.2) is 42.5 Å². The Kier molecular flexibility index (Phi) is 4.33. The van der Waals surface area contributed by atoms with Crippen molar-refractivity contribution < 1.29 is 4.39 Å². The molecule has 0 amide bonds. The van der Waals surface area contributed by atoms with E-state index >= 15 is 0 Å². The molecule has 0 radical (unpaired) electrons. The molecule has 100 valence electrons. The Morgan fingerprint density at radius 3 is 2.32 bits per heavy atom. The number of halogens is 1. The van der Waals surface area contributed by atoms with Gasteiger partial charge in [0.1, 0.15) is 5.82 Å². The minimum Gasteiger partial charge on any atom is -0.306 e. The zero-order valence-corrected chi connectivity index (χ0v) is 11.7. The average molecular weight is 257 g/mol. The zero-order chi connectivity index (χ0) is 13.8. The average Bonchev–Trinajstić information content (AvgIpc) is 2.40. The van der Waals surface area contributed by atoms with Gasteiger partial charge in [-0.05, 0) is 55.2 Å². The van der Waals surface area contributed by atoms with Crippen LogP contribution in [0.25, 0.3) is 0 Å². The lowest BCUT2D eigenvalue weighted by Crippen LogP contribution is -2.18. The molecule has 2 aromatic carbocycles. The van der Waals surface area contributed by atoms with Crippen LogP contribution in [0.1, 0.15) is 35.2 Å². The highest BCUT2D eigenvalue weighted by Gasteiger charge is 2.05. The monoisotopic (exact) mass is 257 g/mol. The highest BCUT2D eigenvalue weighted by molar-refractivity contribution is 5.30. The van der Waals surface area contributed by atoms with Gasteiger partial charge in [0.05, 0.1) is 0 Å². The first-order valence-corrected chi connectivity index (χ1v) is 6.61. The van der Waals surface area contributed by atoms with Crippen LogP contribution in [0.3, 0.4) is 0 Å². The van der Waals surface area contributed by atoms with E-state index in [0.29, 0.717) is 0 Å². The van der Waals surface area contributed by atoms with Gasteiger partial charge in [0, 0.05) is 12.6 Å². The van der Waals surface area contributed by atoms with E-state index in [1.54, 1.807) is 0 Å². The number of nitrogens with one attached hydrogen (secondary N) is 1. The zero-order valence-electron chi connectivity index (χ0n) is 11.7. The molecule has 19 heavy (non-hydrogen) atoms. The molecule has 1 nitrogen and oxygen atoms in total. The maximum atomic E-state index is 12.9. The van der Waals surface area contributed by atoms with Crippen LogP contribution in [-0.2, 0) is 6.54 Å². The Morgan fingerprint density at radius 2 is 1.68 bits per heavy atom. The highest BCUT2D eigenvalue weighted by Crippen LogP contribution is 2.15. The standard InChI is InChI=1S/C17H20FN/c1-12-4-5-15(10-13(12)2)11-19-14(3)16-6-8-17(18)9-7-16/h4-10,14,19H,11H2,1-3H3/t14-/m0/s1. The minimum atomic E-state index is -0.190. The first-order valence-electron chi connectivity index (χ1n) is 6.61. The van der Waals surface area contributed by atoms with Crippen molar-refractivity contribution in [2.45, 2.75) is 33.4 Å². The lowest BCUT2D eigenvalue weighted by molar-refractivity contribution is 0.571. The van der Waals surface area contributed by atoms with E-state index < -0.39 is 0 Å². The minimum absolute atomic E-state index is 0.190. The van der Waals surface area contributed by atoms with Gasteiger partial charge in [-0.3, -0.25) is 0 Å². The molecule has 1 atom stereocenters. The van der Waals surface area contributed by atoms with Gasteiger partial charge >= 0.3 is 0 Å². The van der Waals surface area contributed by atoms with Gasteiger partial charge in [0.15, 0.2) is 0 Å². The molecular formula is C17H20FN. The fraction of sp³-hybridized carbons (Fsp3) is 0.294. The molecule has 0 unspecified atom stereocenters. The molecule has 0 aromatic heterocycles. The molecule has 2 aromatic rings. The van der Waals surface area contributed by atoms with Gasteiger partial charge in [-0.25, -0.2) is 4.39 Å². The van der Waals surface area contributed by atoms with Crippen LogP contribution in [0, 0.1) is 19.7 Å². The van der Waals surface area contributed by atoms with E-state index in [4.69, 9.17) is 0 Å². The molecule has 0 heterocycles. The third-order valence-electron chi connectivity index (χ3n) is 3.55. The molecule has 1 N–H and O–H groups in total. The van der Waals surface area contributed by atoms with Crippen molar-refractivity contribution in [2.24, 2.45) is 0 Å². The largest absolute Gasteiger partial charge is 0.306 e. The molecule has 0 saturated carbocycles. The van der Waals surface area contributed by atoms with Gasteiger partial charge in [0.25, 0.3) is 0 Å². The van der Waals surface area contributed by atoms with Crippen LogP contribution < -0.4 is 5.32 Å². The van der Waals surface area contributed by atoms with E-state index in [9.17, 15) is 4.39 Å². The maximum Gasteiger partial charge on any atom is 0.123 e. The van der Waals surface area contributed by atoms with Gasteiger partial charge < -0.3 is 5.32 Å². The summed E-state index contributed by atoms with van der Waals surface area (Å²) in [6.07, 6.45) is 0. The first-order chi connectivity index (χ1) is 9.06. The second-order valence-corrected chi connectivity index (χ2v) is 5.07. The summed E-state index contributed by atoms with van der Waals surface area (Å²) in [7, 11) is 0. The molecular weight excluding hydrogens is 237 g/mol. The fourth-order valence-electron chi connectivity index (χ4n) is 2.05. The van der Waals surface area contributed by atoms with Gasteiger partial charge in [0.2, 0.25) is 0 Å². The van der Waals surface area contributed by atoms with Crippen LogP contribution in [-0.4, -0.2) is 0 Å². The van der Waals surface area contributed by atoms with E-state index in [2.05, 4.69) is 44.3 Å². The number of aryl methyl sites for hydroxylation is 2. The summed E-state index contributed by atoms with van der Waals surface area (Å²) in [5, 5.41) is 3.46. The fourth-order valence-corrected chi connectivity index (χ4v) is 2.05. The molecule has 2 heteroatoms. The third-order valence-corrected chi connectivity index (χ3v) is 3.55. The van der Waals surface area contributed by atoms with Crippen LogP contribution >= 0.6 is 0 Å². The van der Waals surface area contributed by atoms with Gasteiger partial charge in [-0.2, -0.15) is 0 Å². The van der Waals surface area contributed by atoms with Crippen LogP contribution in [0.4, 0.5) is 4.39 Å². The molecule has 0 fully saturated rings. The van der Waals surface area contributed by atoms with Crippen molar-refractivity contribution in [1.29, 1.82) is 0 Å². The SMILES string of the molecule is Cc1ccc(CN[C@@H](C)c2ccc(F)cc2)cc1C. The normalized spacial score (nSPS) is 12.4. The molecule has 0 bridgehead atoms. The second-order valence-electron chi connectivity index (χ2n) is 5.07. The quantitative estimate of drug-likeness (QED) is 0.861. The topological polar surface area (TPSA) is 12.0 Å². The van der Waals surface area contributed by atoms with Gasteiger partial charge in [-0.15, -0.1) is 0 Å². The van der Waals surface area contributed by atoms with Crippen LogP contribution in [0.2, 0.25) is 0 Å². The van der Waals surface area contributed by atoms with Crippen molar-refractivity contribution in [3.63, 3.8) is 0 Å². The highest BCUT2D eigenvalue weighted by atomic mass is 19.1. The molecule has 0 aliphatic rings. The Bertz CT molecular complexity index is 546. The van der Waals surface area contributed by atoms with Gasteiger partial charge in [-0.1, -0.05) is 30.3 Å². The first kappa shape index (κ1) is 13.8. The van der Waals surface area contributed by atoms with Crippen molar-refractivity contribution in [2.75, 3.05) is 0 Å². The van der Waals surface area contributed by atoms with E-state index in [1.165, 1.54) is 28.8 Å². The Morgan fingerprint density at radius 1 is 1.00 bits per heavy atom. The number of benzene rings is 2. The van der Waals surface area contributed by atoms with Crippen molar-refractivity contribution in [1.82, 2.24) is 5.32 Å². The number of hydrogen-bond acceptors (Lipinski definition) is 1. The Hall–Kier alpha value is -1.67. The Balaban J connectivity index is 1.98.